The van der Waals surface area contributed by atoms with Crippen molar-refractivity contribution in [3.8, 4) is 17.2 Å². The van der Waals surface area contributed by atoms with Crippen molar-refractivity contribution in [1.82, 2.24) is 0 Å². The van der Waals surface area contributed by atoms with Crippen LogP contribution in [0.5, 0.6) is 17.2 Å². The lowest BCUT2D eigenvalue weighted by atomic mass is 10.1. The Kier molecular flexibility index (Phi) is 6.29. The highest BCUT2D eigenvalue weighted by molar-refractivity contribution is 7.80. The molecule has 0 saturated heterocycles. The van der Waals surface area contributed by atoms with Crippen molar-refractivity contribution in [3.05, 3.63) is 52.0 Å². The Morgan fingerprint density at radius 2 is 1.83 bits per heavy atom. The molecule has 0 unspecified atom stereocenters. The molecule has 2 aromatic carbocycles. The van der Waals surface area contributed by atoms with Gasteiger partial charge in [0.25, 0.3) is 0 Å². The predicted octanol–water partition coefficient (Wildman–Crippen LogP) is 4.06. The maximum Gasteiger partial charge on any atom is 0.179 e. The molecular formula is C18H20ClNO3S. The summed E-state index contributed by atoms with van der Waals surface area (Å²) in [4.78, 5) is 0.250. The van der Waals surface area contributed by atoms with Crippen LogP contribution in [0.15, 0.2) is 30.3 Å². The van der Waals surface area contributed by atoms with Gasteiger partial charge in [0.15, 0.2) is 11.5 Å². The van der Waals surface area contributed by atoms with Gasteiger partial charge in [-0.15, -0.1) is 0 Å². The van der Waals surface area contributed by atoms with E-state index in [9.17, 15) is 0 Å². The lowest BCUT2D eigenvalue weighted by molar-refractivity contribution is 0.210. The van der Waals surface area contributed by atoms with Crippen molar-refractivity contribution >= 4 is 28.8 Å². The largest absolute Gasteiger partial charge is 0.493 e. The normalized spacial score (nSPS) is 10.3. The molecule has 2 aromatic rings. The standard InChI is InChI=1S/C18H20ClNO3S/c1-11-5-4-6-15(12(11)2)22-7-8-23-17-14(19)9-13(18(20)24)10-16(17)21-3/h4-6,9-10H,7-8H2,1-3H3,(H2,20,24). The monoisotopic (exact) mass is 365 g/mol. The molecule has 0 heterocycles. The van der Waals surface area contributed by atoms with E-state index in [1.54, 1.807) is 12.1 Å². The first-order valence-electron chi connectivity index (χ1n) is 7.43. The van der Waals surface area contributed by atoms with Crippen molar-refractivity contribution < 1.29 is 14.2 Å². The van der Waals surface area contributed by atoms with Gasteiger partial charge in [-0.3, -0.25) is 0 Å². The predicted molar refractivity (Wildman–Crippen MR) is 101 cm³/mol. The van der Waals surface area contributed by atoms with Crippen molar-refractivity contribution in [2.45, 2.75) is 13.8 Å². The molecule has 0 aliphatic rings. The number of rotatable bonds is 7. The van der Waals surface area contributed by atoms with Gasteiger partial charge in [-0.1, -0.05) is 36.0 Å². The molecule has 4 nitrogen and oxygen atoms in total. The average Bonchev–Trinajstić information content (AvgIpc) is 2.55. The molecule has 0 aliphatic heterocycles. The zero-order chi connectivity index (χ0) is 17.7. The molecule has 0 fully saturated rings. The van der Waals surface area contributed by atoms with Crippen LogP contribution in [0.1, 0.15) is 16.7 Å². The first-order chi connectivity index (χ1) is 11.4. The van der Waals surface area contributed by atoms with E-state index < -0.39 is 0 Å². The van der Waals surface area contributed by atoms with E-state index in [0.717, 1.165) is 11.3 Å². The molecule has 0 aromatic heterocycles. The first kappa shape index (κ1) is 18.4. The van der Waals surface area contributed by atoms with Crippen LogP contribution in [0.4, 0.5) is 0 Å². The van der Waals surface area contributed by atoms with E-state index in [-0.39, 0.29) is 4.99 Å². The van der Waals surface area contributed by atoms with Crippen molar-refractivity contribution in [2.75, 3.05) is 20.3 Å². The van der Waals surface area contributed by atoms with E-state index in [4.69, 9.17) is 43.8 Å². The van der Waals surface area contributed by atoms with Crippen LogP contribution in [-0.4, -0.2) is 25.3 Å². The molecule has 0 aliphatic carbocycles. The third-order valence-electron chi connectivity index (χ3n) is 3.66. The Hall–Kier alpha value is -1.98. The van der Waals surface area contributed by atoms with Crippen LogP contribution in [-0.2, 0) is 0 Å². The number of halogens is 1. The summed E-state index contributed by atoms with van der Waals surface area (Å²) in [6.07, 6.45) is 0. The fourth-order valence-corrected chi connectivity index (χ4v) is 2.56. The lowest BCUT2D eigenvalue weighted by Crippen LogP contribution is -2.12. The van der Waals surface area contributed by atoms with Gasteiger partial charge in [-0.05, 0) is 43.2 Å². The zero-order valence-electron chi connectivity index (χ0n) is 13.9. The van der Waals surface area contributed by atoms with Crippen LogP contribution in [0, 0.1) is 13.8 Å². The Morgan fingerprint density at radius 3 is 2.50 bits per heavy atom. The Labute approximate surface area is 152 Å². The minimum atomic E-state index is 0.250. The number of ether oxygens (including phenoxy) is 3. The van der Waals surface area contributed by atoms with Gasteiger partial charge < -0.3 is 19.9 Å². The molecule has 2 rings (SSSR count). The minimum Gasteiger partial charge on any atom is -0.493 e. The van der Waals surface area contributed by atoms with E-state index in [2.05, 4.69) is 0 Å². The summed E-state index contributed by atoms with van der Waals surface area (Å²) in [5, 5.41) is 0.392. The number of methoxy groups -OCH3 is 1. The SMILES string of the molecule is COc1cc(C(N)=S)cc(Cl)c1OCCOc1cccc(C)c1C. The molecule has 0 amide bonds. The lowest BCUT2D eigenvalue weighted by Gasteiger charge is -2.15. The van der Waals surface area contributed by atoms with Crippen molar-refractivity contribution in [2.24, 2.45) is 5.73 Å². The second kappa shape index (κ2) is 8.22. The van der Waals surface area contributed by atoms with E-state index in [0.29, 0.717) is 35.3 Å². The third-order valence-corrected chi connectivity index (χ3v) is 4.17. The fourth-order valence-electron chi connectivity index (χ4n) is 2.18. The van der Waals surface area contributed by atoms with Gasteiger partial charge in [0.05, 0.1) is 12.1 Å². The van der Waals surface area contributed by atoms with E-state index in [1.165, 1.54) is 12.7 Å². The molecule has 0 saturated carbocycles. The van der Waals surface area contributed by atoms with Crippen LogP contribution in [0.25, 0.3) is 0 Å². The summed E-state index contributed by atoms with van der Waals surface area (Å²) in [5.41, 5.74) is 8.56. The first-order valence-corrected chi connectivity index (χ1v) is 8.21. The van der Waals surface area contributed by atoms with Crippen molar-refractivity contribution in [1.29, 1.82) is 0 Å². The molecule has 2 N–H and O–H groups in total. The number of nitrogens with two attached hydrogens (primary N) is 1. The third kappa shape index (κ3) is 4.30. The fraction of sp³-hybridized carbons (Fsp3) is 0.278. The topological polar surface area (TPSA) is 53.7 Å². The summed E-state index contributed by atoms with van der Waals surface area (Å²) in [6, 6.07) is 9.31. The van der Waals surface area contributed by atoms with Crippen LogP contribution < -0.4 is 19.9 Å². The molecule has 6 heteroatoms. The zero-order valence-corrected chi connectivity index (χ0v) is 15.5. The van der Waals surface area contributed by atoms with Crippen LogP contribution >= 0.6 is 23.8 Å². The summed E-state index contributed by atoms with van der Waals surface area (Å²) in [6.45, 7) is 4.79. The highest BCUT2D eigenvalue weighted by Crippen LogP contribution is 2.36. The van der Waals surface area contributed by atoms with Gasteiger partial charge in [-0.25, -0.2) is 0 Å². The van der Waals surface area contributed by atoms with E-state index in [1.807, 2.05) is 32.0 Å². The number of hydrogen-bond donors (Lipinski definition) is 1. The summed E-state index contributed by atoms with van der Waals surface area (Å²) in [7, 11) is 1.54. The molecule has 24 heavy (non-hydrogen) atoms. The van der Waals surface area contributed by atoms with Crippen molar-refractivity contribution in [3.63, 3.8) is 0 Å². The minimum absolute atomic E-state index is 0.250. The number of aryl methyl sites for hydroxylation is 1. The Morgan fingerprint density at radius 1 is 1.12 bits per heavy atom. The smallest absolute Gasteiger partial charge is 0.179 e. The number of thiocarbonyl (C=S) groups is 1. The molecule has 0 radical (unpaired) electrons. The number of hydrogen-bond acceptors (Lipinski definition) is 4. The van der Waals surface area contributed by atoms with Crippen LogP contribution in [0.3, 0.4) is 0 Å². The average molecular weight is 366 g/mol. The molecule has 0 spiro atoms. The van der Waals surface area contributed by atoms with Crippen LogP contribution in [0.2, 0.25) is 5.02 Å². The van der Waals surface area contributed by atoms with Gasteiger partial charge in [0, 0.05) is 5.56 Å². The summed E-state index contributed by atoms with van der Waals surface area (Å²) < 4.78 is 16.8. The maximum absolute atomic E-state index is 6.24. The highest BCUT2D eigenvalue weighted by Gasteiger charge is 2.13. The second-order valence-corrected chi connectivity index (χ2v) is 6.10. The van der Waals surface area contributed by atoms with Gasteiger partial charge >= 0.3 is 0 Å². The highest BCUT2D eigenvalue weighted by atomic mass is 35.5. The quantitative estimate of drug-likeness (QED) is 0.592. The molecule has 128 valence electrons. The Bertz CT molecular complexity index is 749. The Balaban J connectivity index is 2.02. The van der Waals surface area contributed by atoms with E-state index >= 15 is 0 Å². The van der Waals surface area contributed by atoms with Gasteiger partial charge in [-0.2, -0.15) is 0 Å². The molecular weight excluding hydrogens is 346 g/mol. The second-order valence-electron chi connectivity index (χ2n) is 5.25. The summed E-state index contributed by atoms with van der Waals surface area (Å²) >= 11 is 11.2. The summed E-state index contributed by atoms with van der Waals surface area (Å²) in [5.74, 6) is 1.78. The maximum atomic E-state index is 6.24. The number of benzene rings is 2. The molecule has 0 atom stereocenters. The molecule has 0 bridgehead atoms. The van der Waals surface area contributed by atoms with Gasteiger partial charge in [0.1, 0.15) is 24.0 Å². The van der Waals surface area contributed by atoms with Gasteiger partial charge in [0.2, 0.25) is 0 Å².